The Bertz CT molecular complexity index is 399. The summed E-state index contributed by atoms with van der Waals surface area (Å²) in [7, 11) is 1.87. The second-order valence-corrected chi connectivity index (χ2v) is 5.34. The molecule has 96 valence electrons. The van der Waals surface area contributed by atoms with E-state index in [1.807, 2.05) is 27.8 Å². The molecule has 1 N–H and O–H groups in total. The van der Waals surface area contributed by atoms with Crippen LogP contribution < -0.4 is 5.32 Å². The van der Waals surface area contributed by atoms with Crippen LogP contribution in [0.15, 0.2) is 12.1 Å². The number of benzene rings is 1. The van der Waals surface area contributed by atoms with Gasteiger partial charge in [0.2, 0.25) is 0 Å². The lowest BCUT2D eigenvalue weighted by Gasteiger charge is -2.29. The summed E-state index contributed by atoms with van der Waals surface area (Å²) in [6.07, 6.45) is 0.753. The third-order valence-corrected chi connectivity index (χ3v) is 3.31. The molecule has 0 bridgehead atoms. The van der Waals surface area contributed by atoms with Crippen LogP contribution in [0.1, 0.15) is 38.3 Å². The molecule has 0 aliphatic heterocycles. The van der Waals surface area contributed by atoms with Crippen LogP contribution in [0.3, 0.4) is 0 Å². The van der Waals surface area contributed by atoms with E-state index in [1.54, 1.807) is 19.1 Å². The summed E-state index contributed by atoms with van der Waals surface area (Å²) in [5, 5.41) is 3.12. The summed E-state index contributed by atoms with van der Waals surface area (Å²) in [5.41, 5.74) is 0.410. The van der Waals surface area contributed by atoms with Gasteiger partial charge in [0.25, 0.3) is 0 Å². The Hall–Kier alpha value is -0.960. The van der Waals surface area contributed by atoms with Crippen molar-refractivity contribution in [3.63, 3.8) is 0 Å². The predicted molar refractivity (Wildman–Crippen MR) is 67.3 cm³/mol. The van der Waals surface area contributed by atoms with Crippen LogP contribution in [0, 0.1) is 18.6 Å². The lowest BCUT2D eigenvalue weighted by atomic mass is 9.78. The maximum Gasteiger partial charge on any atom is 0.162 e. The molecule has 0 heterocycles. The Balaban J connectivity index is 3.11. The molecule has 0 radical (unpaired) electrons. The minimum Gasteiger partial charge on any atom is -0.317 e. The third-order valence-electron chi connectivity index (χ3n) is 3.31. The van der Waals surface area contributed by atoms with E-state index >= 15 is 0 Å². The van der Waals surface area contributed by atoms with Gasteiger partial charge in [-0.05, 0) is 43.9 Å². The summed E-state index contributed by atoms with van der Waals surface area (Å²) < 4.78 is 27.5. The fraction of sp³-hybridized carbons (Fsp3) is 0.571. The van der Waals surface area contributed by atoms with E-state index in [0.717, 1.165) is 6.42 Å². The van der Waals surface area contributed by atoms with E-state index in [0.29, 0.717) is 11.1 Å². The lowest BCUT2D eigenvalue weighted by molar-refractivity contribution is 0.380. The van der Waals surface area contributed by atoms with Crippen molar-refractivity contribution in [1.29, 1.82) is 0 Å². The zero-order valence-corrected chi connectivity index (χ0v) is 11.2. The van der Waals surface area contributed by atoms with Gasteiger partial charge in [-0.2, -0.15) is 0 Å². The molecule has 1 nitrogen and oxygen atoms in total. The summed E-state index contributed by atoms with van der Waals surface area (Å²) in [6, 6.07) is 3.59. The van der Waals surface area contributed by atoms with Crippen molar-refractivity contribution in [3.05, 3.63) is 34.9 Å². The monoisotopic (exact) mass is 241 g/mol. The molecule has 0 saturated carbocycles. The van der Waals surface area contributed by atoms with Crippen molar-refractivity contribution < 1.29 is 8.78 Å². The van der Waals surface area contributed by atoms with Crippen molar-refractivity contribution in [3.8, 4) is 0 Å². The Morgan fingerprint density at radius 3 is 2.35 bits per heavy atom. The molecule has 1 unspecified atom stereocenters. The van der Waals surface area contributed by atoms with Crippen molar-refractivity contribution in [2.75, 3.05) is 7.05 Å². The van der Waals surface area contributed by atoms with Crippen LogP contribution >= 0.6 is 0 Å². The molecule has 1 atom stereocenters. The van der Waals surface area contributed by atoms with E-state index in [4.69, 9.17) is 0 Å². The SMILES string of the molecule is CNC(C)CC(C)(C)c1ccc(C)c(F)c1F. The molecule has 0 aliphatic carbocycles. The average Bonchev–Trinajstić information content (AvgIpc) is 2.24. The summed E-state index contributed by atoms with van der Waals surface area (Å²) in [6.45, 7) is 7.48. The smallest absolute Gasteiger partial charge is 0.162 e. The first-order valence-electron chi connectivity index (χ1n) is 5.92. The number of halogens is 2. The fourth-order valence-electron chi connectivity index (χ4n) is 2.15. The van der Waals surface area contributed by atoms with Crippen LogP contribution in [0.5, 0.6) is 0 Å². The van der Waals surface area contributed by atoms with Gasteiger partial charge >= 0.3 is 0 Å². The third kappa shape index (κ3) is 3.03. The highest BCUT2D eigenvalue weighted by atomic mass is 19.2. The average molecular weight is 241 g/mol. The van der Waals surface area contributed by atoms with Gasteiger partial charge < -0.3 is 5.32 Å². The first-order chi connectivity index (χ1) is 7.79. The zero-order valence-electron chi connectivity index (χ0n) is 11.2. The Morgan fingerprint density at radius 1 is 1.24 bits per heavy atom. The molecule has 0 aromatic heterocycles. The second-order valence-electron chi connectivity index (χ2n) is 5.34. The minimum absolute atomic E-state index is 0.258. The van der Waals surface area contributed by atoms with E-state index in [2.05, 4.69) is 5.32 Å². The van der Waals surface area contributed by atoms with Gasteiger partial charge in [-0.1, -0.05) is 26.0 Å². The topological polar surface area (TPSA) is 12.0 Å². The van der Waals surface area contributed by atoms with E-state index in [-0.39, 0.29) is 11.5 Å². The number of hydrogen-bond acceptors (Lipinski definition) is 1. The zero-order chi connectivity index (χ0) is 13.2. The highest BCUT2D eigenvalue weighted by molar-refractivity contribution is 5.31. The number of nitrogens with one attached hydrogen (secondary N) is 1. The summed E-state index contributed by atoms with van der Waals surface area (Å²) in [5.74, 6) is -1.44. The van der Waals surface area contributed by atoms with Gasteiger partial charge in [-0.15, -0.1) is 0 Å². The number of aryl methyl sites for hydroxylation is 1. The minimum atomic E-state index is -0.729. The first-order valence-corrected chi connectivity index (χ1v) is 5.92. The van der Waals surface area contributed by atoms with Crippen LogP contribution in [-0.2, 0) is 5.41 Å². The Morgan fingerprint density at radius 2 is 1.82 bits per heavy atom. The van der Waals surface area contributed by atoms with Crippen molar-refractivity contribution in [2.45, 2.75) is 45.6 Å². The Kier molecular flexibility index (Phi) is 4.26. The molecule has 3 heteroatoms. The molecule has 0 fully saturated rings. The molecule has 1 aromatic rings. The molecular formula is C14H21F2N. The van der Waals surface area contributed by atoms with Gasteiger partial charge in [0.1, 0.15) is 0 Å². The Labute approximate surface area is 102 Å². The van der Waals surface area contributed by atoms with Gasteiger partial charge in [0, 0.05) is 6.04 Å². The lowest BCUT2D eigenvalue weighted by Crippen LogP contribution is -2.31. The molecule has 0 aliphatic rings. The molecule has 0 amide bonds. The van der Waals surface area contributed by atoms with Gasteiger partial charge in [-0.3, -0.25) is 0 Å². The molecule has 17 heavy (non-hydrogen) atoms. The van der Waals surface area contributed by atoms with Crippen LogP contribution in [0.4, 0.5) is 8.78 Å². The van der Waals surface area contributed by atoms with E-state index in [1.165, 1.54) is 0 Å². The second kappa shape index (κ2) is 5.13. The maximum atomic E-state index is 13.9. The largest absolute Gasteiger partial charge is 0.317 e. The predicted octanol–water partition coefficient (Wildman–Crippen LogP) is 3.55. The van der Waals surface area contributed by atoms with Crippen LogP contribution in [0.2, 0.25) is 0 Å². The molecular weight excluding hydrogens is 220 g/mol. The molecule has 0 spiro atoms. The first kappa shape index (κ1) is 14.1. The van der Waals surface area contributed by atoms with E-state index in [9.17, 15) is 8.78 Å². The summed E-state index contributed by atoms with van der Waals surface area (Å²) in [4.78, 5) is 0. The highest BCUT2D eigenvalue weighted by Crippen LogP contribution is 2.32. The van der Waals surface area contributed by atoms with Crippen LogP contribution in [0.25, 0.3) is 0 Å². The van der Waals surface area contributed by atoms with Gasteiger partial charge in [0.15, 0.2) is 11.6 Å². The maximum absolute atomic E-state index is 13.9. The van der Waals surface area contributed by atoms with Crippen LogP contribution in [-0.4, -0.2) is 13.1 Å². The quantitative estimate of drug-likeness (QED) is 0.850. The normalized spacial score (nSPS) is 13.8. The van der Waals surface area contributed by atoms with Gasteiger partial charge in [0.05, 0.1) is 0 Å². The van der Waals surface area contributed by atoms with Crippen molar-refractivity contribution in [1.82, 2.24) is 5.32 Å². The fourth-order valence-corrected chi connectivity index (χ4v) is 2.15. The van der Waals surface area contributed by atoms with Crippen molar-refractivity contribution in [2.24, 2.45) is 0 Å². The van der Waals surface area contributed by atoms with Crippen molar-refractivity contribution >= 4 is 0 Å². The van der Waals surface area contributed by atoms with Gasteiger partial charge in [-0.25, -0.2) is 8.78 Å². The molecule has 1 aromatic carbocycles. The standard InChI is InChI=1S/C14H21F2N/c1-9-6-7-11(13(16)12(9)15)14(3,4)8-10(2)17-5/h6-7,10,17H,8H2,1-5H3. The highest BCUT2D eigenvalue weighted by Gasteiger charge is 2.27. The molecule has 1 rings (SSSR count). The number of hydrogen-bond donors (Lipinski definition) is 1. The summed E-state index contributed by atoms with van der Waals surface area (Å²) >= 11 is 0. The van der Waals surface area contributed by atoms with E-state index < -0.39 is 11.6 Å². The molecule has 0 saturated heterocycles. The number of rotatable bonds is 4.